The molecule has 0 aliphatic carbocycles. The van der Waals surface area contributed by atoms with E-state index in [0.29, 0.717) is 5.56 Å². The summed E-state index contributed by atoms with van der Waals surface area (Å²) in [7, 11) is 2.08. The van der Waals surface area contributed by atoms with E-state index < -0.39 is 10.5 Å². The Morgan fingerprint density at radius 2 is 2.18 bits per heavy atom. The third-order valence-corrected chi connectivity index (χ3v) is 5.60. The first-order chi connectivity index (χ1) is 10.4. The number of halogens is 2. The molecule has 0 spiro atoms. The SMILES string of the molecule is CN1CCCC1C(S)(S)c1c[nH]c2ccc(CC(F)F)cc12. The number of aromatic amines is 1. The van der Waals surface area contributed by atoms with Gasteiger partial charge in [0.05, 0.1) is 4.08 Å². The van der Waals surface area contributed by atoms with Gasteiger partial charge in [0.1, 0.15) is 0 Å². The molecule has 120 valence electrons. The number of aromatic nitrogens is 1. The number of hydrogen-bond donors (Lipinski definition) is 3. The fraction of sp³-hybridized carbons (Fsp3) is 0.500. The average molecular weight is 342 g/mol. The summed E-state index contributed by atoms with van der Waals surface area (Å²) in [5.74, 6) is 0. The largest absolute Gasteiger partial charge is 0.361 e. The highest BCUT2D eigenvalue weighted by Gasteiger charge is 2.40. The predicted octanol–water partition coefficient (Wildman–Crippen LogP) is 4.08. The van der Waals surface area contributed by atoms with Crippen LogP contribution in [0.25, 0.3) is 10.9 Å². The third-order valence-electron chi connectivity index (χ3n) is 4.52. The fourth-order valence-electron chi connectivity index (χ4n) is 3.38. The maximum Gasteiger partial charge on any atom is 0.242 e. The molecule has 1 aromatic carbocycles. The number of thiol groups is 2. The number of rotatable bonds is 4. The van der Waals surface area contributed by atoms with Crippen LogP contribution in [0, 0.1) is 0 Å². The van der Waals surface area contributed by atoms with Gasteiger partial charge in [-0.05, 0) is 44.1 Å². The summed E-state index contributed by atoms with van der Waals surface area (Å²) < 4.78 is 24.6. The van der Waals surface area contributed by atoms with Crippen molar-refractivity contribution in [3.63, 3.8) is 0 Å². The molecule has 1 unspecified atom stereocenters. The minimum absolute atomic E-state index is 0.219. The minimum atomic E-state index is -2.34. The number of fused-ring (bicyclic) bond motifs is 1. The van der Waals surface area contributed by atoms with E-state index in [1.165, 1.54) is 0 Å². The molecule has 3 rings (SSSR count). The van der Waals surface area contributed by atoms with E-state index in [1.807, 2.05) is 18.3 Å². The number of H-pyrrole nitrogens is 1. The third kappa shape index (κ3) is 2.88. The molecule has 0 amide bonds. The van der Waals surface area contributed by atoms with Gasteiger partial charge in [-0.1, -0.05) is 6.07 Å². The van der Waals surface area contributed by atoms with Crippen molar-refractivity contribution in [1.29, 1.82) is 0 Å². The molecule has 0 bridgehead atoms. The van der Waals surface area contributed by atoms with Gasteiger partial charge in [-0.3, -0.25) is 0 Å². The van der Waals surface area contributed by atoms with E-state index >= 15 is 0 Å². The van der Waals surface area contributed by atoms with Crippen LogP contribution in [0.3, 0.4) is 0 Å². The van der Waals surface area contributed by atoms with Gasteiger partial charge in [0.2, 0.25) is 6.43 Å². The van der Waals surface area contributed by atoms with Crippen molar-refractivity contribution in [3.05, 3.63) is 35.5 Å². The number of nitrogens with one attached hydrogen (secondary N) is 1. The lowest BCUT2D eigenvalue weighted by Gasteiger charge is -2.34. The first-order valence-corrected chi connectivity index (χ1v) is 8.32. The van der Waals surface area contributed by atoms with E-state index in [1.54, 1.807) is 6.07 Å². The highest BCUT2D eigenvalue weighted by atomic mass is 32.2. The maximum atomic E-state index is 12.6. The van der Waals surface area contributed by atoms with Gasteiger partial charge in [0, 0.05) is 35.1 Å². The van der Waals surface area contributed by atoms with Gasteiger partial charge in [-0.25, -0.2) is 8.78 Å². The normalized spacial score (nSPS) is 20.4. The van der Waals surface area contributed by atoms with Crippen LogP contribution in [0.4, 0.5) is 8.78 Å². The molecule has 1 aliphatic heterocycles. The molecule has 1 saturated heterocycles. The lowest BCUT2D eigenvalue weighted by Crippen LogP contribution is -2.38. The van der Waals surface area contributed by atoms with Gasteiger partial charge in [-0.2, -0.15) is 25.3 Å². The van der Waals surface area contributed by atoms with E-state index in [4.69, 9.17) is 25.3 Å². The second kappa shape index (κ2) is 6.06. The fourth-order valence-corrected chi connectivity index (χ4v) is 4.40. The van der Waals surface area contributed by atoms with Crippen molar-refractivity contribution in [2.24, 2.45) is 0 Å². The molecule has 1 aliphatic rings. The van der Waals surface area contributed by atoms with E-state index in [-0.39, 0.29) is 12.5 Å². The summed E-state index contributed by atoms with van der Waals surface area (Å²) in [4.78, 5) is 5.48. The summed E-state index contributed by atoms with van der Waals surface area (Å²) in [6.45, 7) is 1.03. The van der Waals surface area contributed by atoms with Crippen LogP contribution in [-0.4, -0.2) is 35.9 Å². The number of benzene rings is 1. The molecule has 1 N–H and O–H groups in total. The summed E-state index contributed by atoms with van der Waals surface area (Å²) in [5.41, 5.74) is 2.53. The van der Waals surface area contributed by atoms with Crippen LogP contribution < -0.4 is 0 Å². The zero-order valence-electron chi connectivity index (χ0n) is 12.4. The Labute approximate surface area is 140 Å². The first-order valence-electron chi connectivity index (χ1n) is 7.43. The van der Waals surface area contributed by atoms with E-state index in [9.17, 15) is 8.78 Å². The van der Waals surface area contributed by atoms with Crippen LogP contribution in [-0.2, 0) is 10.5 Å². The Kier molecular flexibility index (Phi) is 4.45. The number of likely N-dealkylation sites (N-methyl/N-ethyl adjacent to an activating group) is 1. The summed E-state index contributed by atoms with van der Waals surface area (Å²) in [6, 6.07) is 5.66. The number of nitrogens with zero attached hydrogens (tertiary/aromatic N) is 1. The Hall–Kier alpha value is -0.720. The molecule has 6 heteroatoms. The Morgan fingerprint density at radius 1 is 1.41 bits per heavy atom. The summed E-state index contributed by atoms with van der Waals surface area (Å²) in [6.07, 6.45) is 1.51. The summed E-state index contributed by atoms with van der Waals surface area (Å²) in [5, 5.41) is 0.934. The maximum absolute atomic E-state index is 12.6. The number of alkyl halides is 2. The lowest BCUT2D eigenvalue weighted by molar-refractivity contribution is 0.149. The topological polar surface area (TPSA) is 19.0 Å². The van der Waals surface area contributed by atoms with Gasteiger partial charge in [0.25, 0.3) is 0 Å². The molecule has 2 nitrogen and oxygen atoms in total. The van der Waals surface area contributed by atoms with Crippen LogP contribution in [0.5, 0.6) is 0 Å². The van der Waals surface area contributed by atoms with Crippen molar-refractivity contribution in [1.82, 2.24) is 9.88 Å². The molecular formula is C16H20F2N2S2. The number of hydrogen-bond acceptors (Lipinski definition) is 3. The monoisotopic (exact) mass is 342 g/mol. The quantitative estimate of drug-likeness (QED) is 0.564. The van der Waals surface area contributed by atoms with Crippen molar-refractivity contribution >= 4 is 36.2 Å². The molecular weight excluding hydrogens is 322 g/mol. The zero-order chi connectivity index (χ0) is 15.9. The van der Waals surface area contributed by atoms with Gasteiger partial charge >= 0.3 is 0 Å². The second-order valence-corrected chi connectivity index (χ2v) is 7.81. The van der Waals surface area contributed by atoms with E-state index in [2.05, 4.69) is 16.9 Å². The Balaban J connectivity index is 2.02. The lowest BCUT2D eigenvalue weighted by atomic mass is 10.00. The van der Waals surface area contributed by atoms with Crippen molar-refractivity contribution in [2.45, 2.75) is 35.8 Å². The van der Waals surface area contributed by atoms with Gasteiger partial charge in [-0.15, -0.1) is 0 Å². The molecule has 0 radical (unpaired) electrons. The second-order valence-electron chi connectivity index (χ2n) is 6.04. The highest BCUT2D eigenvalue weighted by molar-refractivity contribution is 7.99. The van der Waals surface area contributed by atoms with Crippen molar-refractivity contribution in [3.8, 4) is 0 Å². The van der Waals surface area contributed by atoms with Crippen LogP contribution in [0.1, 0.15) is 24.0 Å². The van der Waals surface area contributed by atoms with Crippen LogP contribution in [0.15, 0.2) is 24.4 Å². The average Bonchev–Trinajstić information content (AvgIpc) is 3.04. The highest BCUT2D eigenvalue weighted by Crippen LogP contribution is 2.45. The van der Waals surface area contributed by atoms with Gasteiger partial charge < -0.3 is 9.88 Å². The standard InChI is InChI=1S/C16H20F2N2S2/c1-20-6-2-3-14(20)16(21,22)12-9-19-13-5-4-10(7-11(12)13)8-15(17)18/h4-5,7,9,14-15,19,21-22H,2-3,6,8H2,1H3. The molecule has 22 heavy (non-hydrogen) atoms. The molecule has 2 aromatic rings. The Bertz CT molecular complexity index is 669. The van der Waals surface area contributed by atoms with Crippen molar-refractivity contribution in [2.75, 3.05) is 13.6 Å². The first kappa shape index (κ1) is 16.1. The predicted molar refractivity (Wildman–Crippen MR) is 93.3 cm³/mol. The van der Waals surface area contributed by atoms with Gasteiger partial charge in [0.15, 0.2) is 0 Å². The zero-order valence-corrected chi connectivity index (χ0v) is 14.2. The van der Waals surface area contributed by atoms with Crippen molar-refractivity contribution < 1.29 is 8.78 Å². The molecule has 1 aromatic heterocycles. The van der Waals surface area contributed by atoms with Crippen LogP contribution in [0.2, 0.25) is 0 Å². The van der Waals surface area contributed by atoms with Crippen LogP contribution >= 0.6 is 25.3 Å². The molecule has 1 atom stereocenters. The Morgan fingerprint density at radius 3 is 2.82 bits per heavy atom. The van der Waals surface area contributed by atoms with E-state index in [0.717, 1.165) is 35.9 Å². The summed E-state index contributed by atoms with van der Waals surface area (Å²) >= 11 is 9.66. The molecule has 0 saturated carbocycles. The minimum Gasteiger partial charge on any atom is -0.361 e. The molecule has 1 fully saturated rings. The molecule has 2 heterocycles. The number of likely N-dealkylation sites (tertiary alicyclic amines) is 1. The smallest absolute Gasteiger partial charge is 0.242 e.